The van der Waals surface area contributed by atoms with Gasteiger partial charge < -0.3 is 4.74 Å². The zero-order valence-corrected chi connectivity index (χ0v) is 10.2. The van der Waals surface area contributed by atoms with Crippen LogP contribution in [0.5, 0.6) is 0 Å². The van der Waals surface area contributed by atoms with E-state index in [9.17, 15) is 0 Å². The molecule has 0 N–H and O–H groups in total. The Kier molecular flexibility index (Phi) is 2.18. The van der Waals surface area contributed by atoms with E-state index in [0.29, 0.717) is 5.41 Å². The van der Waals surface area contributed by atoms with Gasteiger partial charge in [-0.1, -0.05) is 20.3 Å². The zero-order valence-electron chi connectivity index (χ0n) is 10.2. The second kappa shape index (κ2) is 3.23. The fourth-order valence-electron chi connectivity index (χ4n) is 3.95. The quantitative estimate of drug-likeness (QED) is 0.589. The monoisotopic (exact) mass is 208 g/mol. The largest absolute Gasteiger partial charge is 0.375 e. The molecule has 0 aromatic carbocycles. The first kappa shape index (κ1) is 10.1. The van der Waals surface area contributed by atoms with Gasteiger partial charge in [-0.05, 0) is 55.8 Å². The first-order valence-electron chi connectivity index (χ1n) is 6.73. The Hall–Kier alpha value is -0.0400. The van der Waals surface area contributed by atoms with Crippen LogP contribution >= 0.6 is 0 Å². The van der Waals surface area contributed by atoms with Gasteiger partial charge in [-0.3, -0.25) is 0 Å². The van der Waals surface area contributed by atoms with Gasteiger partial charge in [-0.15, -0.1) is 0 Å². The minimum atomic E-state index is 0.287. The van der Waals surface area contributed by atoms with Crippen LogP contribution in [-0.2, 0) is 4.74 Å². The van der Waals surface area contributed by atoms with Crippen molar-refractivity contribution in [3.63, 3.8) is 0 Å². The SMILES string of the molecule is CC1(C)CCC[C@]2(CC[C@@H]3C[C@@H]3CO2)C1. The maximum Gasteiger partial charge on any atom is 0.0687 e. The van der Waals surface area contributed by atoms with Gasteiger partial charge in [0.1, 0.15) is 0 Å². The van der Waals surface area contributed by atoms with Crippen LogP contribution in [0.2, 0.25) is 0 Å². The first-order valence-corrected chi connectivity index (χ1v) is 6.73. The molecule has 2 aliphatic carbocycles. The Balaban J connectivity index is 1.72. The number of ether oxygens (including phenoxy) is 1. The second-order valence-corrected chi connectivity index (χ2v) is 6.98. The van der Waals surface area contributed by atoms with Gasteiger partial charge in [0, 0.05) is 0 Å². The number of rotatable bonds is 0. The molecule has 3 fully saturated rings. The third kappa shape index (κ3) is 1.95. The van der Waals surface area contributed by atoms with Crippen molar-refractivity contribution >= 4 is 0 Å². The summed E-state index contributed by atoms with van der Waals surface area (Å²) in [6.45, 7) is 5.91. The van der Waals surface area contributed by atoms with Gasteiger partial charge in [0.25, 0.3) is 0 Å². The summed E-state index contributed by atoms with van der Waals surface area (Å²) in [6.07, 6.45) is 9.65. The fourth-order valence-corrected chi connectivity index (χ4v) is 3.95. The van der Waals surface area contributed by atoms with Crippen LogP contribution in [0.3, 0.4) is 0 Å². The molecule has 0 aromatic rings. The molecule has 1 spiro atoms. The molecular formula is C14H24O. The Labute approximate surface area is 93.6 Å². The van der Waals surface area contributed by atoms with Gasteiger partial charge in [0.2, 0.25) is 0 Å². The smallest absolute Gasteiger partial charge is 0.0687 e. The molecule has 1 nitrogen and oxygen atoms in total. The van der Waals surface area contributed by atoms with Crippen LogP contribution in [0.15, 0.2) is 0 Å². The molecular weight excluding hydrogens is 184 g/mol. The molecule has 15 heavy (non-hydrogen) atoms. The molecule has 2 saturated carbocycles. The maximum absolute atomic E-state index is 6.32. The average molecular weight is 208 g/mol. The third-order valence-corrected chi connectivity index (χ3v) is 4.93. The summed E-state index contributed by atoms with van der Waals surface area (Å²) in [6, 6.07) is 0. The second-order valence-electron chi connectivity index (χ2n) is 6.98. The number of hydrogen-bond donors (Lipinski definition) is 0. The van der Waals surface area contributed by atoms with Crippen molar-refractivity contribution in [2.45, 2.75) is 64.4 Å². The minimum absolute atomic E-state index is 0.287. The van der Waals surface area contributed by atoms with E-state index in [-0.39, 0.29) is 5.60 Å². The van der Waals surface area contributed by atoms with Crippen LogP contribution in [0, 0.1) is 17.3 Å². The molecule has 3 atom stereocenters. The molecule has 3 rings (SSSR count). The van der Waals surface area contributed by atoms with Crippen LogP contribution in [0.4, 0.5) is 0 Å². The van der Waals surface area contributed by atoms with E-state index in [4.69, 9.17) is 4.74 Å². The van der Waals surface area contributed by atoms with Crippen molar-refractivity contribution in [3.8, 4) is 0 Å². The number of fused-ring (bicyclic) bond motifs is 1. The molecule has 86 valence electrons. The van der Waals surface area contributed by atoms with Crippen LogP contribution in [0.25, 0.3) is 0 Å². The topological polar surface area (TPSA) is 9.23 Å². The lowest BCUT2D eigenvalue weighted by Gasteiger charge is -2.44. The van der Waals surface area contributed by atoms with Gasteiger partial charge in [-0.2, -0.15) is 0 Å². The molecule has 0 aromatic heterocycles. The highest BCUT2D eigenvalue weighted by Crippen LogP contribution is 2.52. The van der Waals surface area contributed by atoms with E-state index in [1.54, 1.807) is 0 Å². The molecule has 1 heteroatoms. The van der Waals surface area contributed by atoms with Crippen LogP contribution in [-0.4, -0.2) is 12.2 Å². The summed E-state index contributed by atoms with van der Waals surface area (Å²) in [5, 5.41) is 0. The van der Waals surface area contributed by atoms with Crippen molar-refractivity contribution in [1.82, 2.24) is 0 Å². The highest BCUT2D eigenvalue weighted by Gasteiger charge is 2.47. The van der Waals surface area contributed by atoms with E-state index in [1.807, 2.05) is 0 Å². The maximum atomic E-state index is 6.32. The lowest BCUT2D eigenvalue weighted by atomic mass is 9.68. The van der Waals surface area contributed by atoms with Crippen molar-refractivity contribution < 1.29 is 4.74 Å². The fraction of sp³-hybridized carbons (Fsp3) is 1.00. The van der Waals surface area contributed by atoms with Crippen molar-refractivity contribution in [2.24, 2.45) is 17.3 Å². The molecule has 0 bridgehead atoms. The van der Waals surface area contributed by atoms with Crippen molar-refractivity contribution in [2.75, 3.05) is 6.61 Å². The van der Waals surface area contributed by atoms with E-state index in [0.717, 1.165) is 18.4 Å². The van der Waals surface area contributed by atoms with E-state index >= 15 is 0 Å². The summed E-state index contributed by atoms with van der Waals surface area (Å²) < 4.78 is 6.32. The summed E-state index contributed by atoms with van der Waals surface area (Å²) in [5.74, 6) is 1.98. The standard InChI is InChI=1S/C14H24O/c1-13(2)5-3-6-14(10-13)7-4-11-8-12(11)9-15-14/h11-12H,3-10H2,1-2H3/t11-,12-,14+/m1/s1. The van der Waals surface area contributed by atoms with Crippen LogP contribution in [0.1, 0.15) is 58.8 Å². The zero-order chi connectivity index (χ0) is 10.5. The van der Waals surface area contributed by atoms with Gasteiger partial charge in [-0.25, -0.2) is 0 Å². The van der Waals surface area contributed by atoms with Crippen molar-refractivity contribution in [1.29, 1.82) is 0 Å². The molecule has 3 aliphatic rings. The Morgan fingerprint density at radius 2 is 1.93 bits per heavy atom. The molecule has 1 heterocycles. The predicted octanol–water partition coefficient (Wildman–Crippen LogP) is 3.77. The lowest BCUT2D eigenvalue weighted by molar-refractivity contribution is -0.101. The Bertz CT molecular complexity index is 244. The van der Waals surface area contributed by atoms with Crippen molar-refractivity contribution in [3.05, 3.63) is 0 Å². The molecule has 0 unspecified atom stereocenters. The first-order chi connectivity index (χ1) is 7.09. The Morgan fingerprint density at radius 3 is 2.73 bits per heavy atom. The normalized spacial score (nSPS) is 48.4. The molecule has 0 radical (unpaired) electrons. The van der Waals surface area contributed by atoms with E-state index < -0.39 is 0 Å². The highest BCUT2D eigenvalue weighted by molar-refractivity contribution is 4.98. The summed E-state index contributed by atoms with van der Waals surface area (Å²) in [7, 11) is 0. The van der Waals surface area contributed by atoms with Gasteiger partial charge in [0.05, 0.1) is 12.2 Å². The molecule has 0 amide bonds. The third-order valence-electron chi connectivity index (χ3n) is 4.93. The lowest BCUT2D eigenvalue weighted by Crippen LogP contribution is -2.41. The highest BCUT2D eigenvalue weighted by atomic mass is 16.5. The van der Waals surface area contributed by atoms with E-state index in [2.05, 4.69) is 13.8 Å². The minimum Gasteiger partial charge on any atom is -0.375 e. The molecule has 1 aliphatic heterocycles. The van der Waals surface area contributed by atoms with Crippen LogP contribution < -0.4 is 0 Å². The average Bonchev–Trinajstić information content (AvgIpc) is 2.88. The van der Waals surface area contributed by atoms with Gasteiger partial charge >= 0.3 is 0 Å². The van der Waals surface area contributed by atoms with E-state index in [1.165, 1.54) is 44.9 Å². The van der Waals surface area contributed by atoms with Gasteiger partial charge in [0.15, 0.2) is 0 Å². The summed E-state index contributed by atoms with van der Waals surface area (Å²) in [5.41, 5.74) is 0.807. The predicted molar refractivity (Wildman–Crippen MR) is 61.8 cm³/mol. The summed E-state index contributed by atoms with van der Waals surface area (Å²) >= 11 is 0. The Morgan fingerprint density at radius 1 is 1.07 bits per heavy atom. The summed E-state index contributed by atoms with van der Waals surface area (Å²) in [4.78, 5) is 0. The number of hydrogen-bond acceptors (Lipinski definition) is 1. The molecule has 1 saturated heterocycles.